The quantitative estimate of drug-likeness (QED) is 0.377. The van der Waals surface area contributed by atoms with Gasteiger partial charge in [0.05, 0.1) is 6.54 Å². The van der Waals surface area contributed by atoms with Crippen molar-refractivity contribution in [2.24, 2.45) is 16.5 Å². The number of hydrogen-bond acceptors (Lipinski definition) is 3. The van der Waals surface area contributed by atoms with Gasteiger partial charge in [-0.1, -0.05) is 0 Å². The highest BCUT2D eigenvalue weighted by Gasteiger charge is 2.01. The molecule has 0 heterocycles. The van der Waals surface area contributed by atoms with Crippen molar-refractivity contribution in [1.82, 2.24) is 0 Å². The summed E-state index contributed by atoms with van der Waals surface area (Å²) in [6.07, 6.45) is 0. The summed E-state index contributed by atoms with van der Waals surface area (Å²) in [6, 6.07) is 3.71. The molecular formula is C9H12FN3O2. The van der Waals surface area contributed by atoms with Crippen molar-refractivity contribution in [2.75, 3.05) is 13.2 Å². The Morgan fingerprint density at radius 1 is 1.47 bits per heavy atom. The number of ether oxygens (including phenoxy) is 1. The zero-order valence-electron chi connectivity index (χ0n) is 7.98. The first kappa shape index (κ1) is 11.1. The van der Waals surface area contributed by atoms with Crippen LogP contribution in [0.15, 0.2) is 23.2 Å². The molecule has 0 bridgehead atoms. The zero-order chi connectivity index (χ0) is 11.3. The Morgan fingerprint density at radius 2 is 2.20 bits per heavy atom. The lowest BCUT2D eigenvalue weighted by Gasteiger charge is -2.04. The second-order valence-electron chi connectivity index (χ2n) is 2.77. The minimum Gasteiger partial charge on any atom is -0.505 e. The summed E-state index contributed by atoms with van der Waals surface area (Å²) < 4.78 is 17.8. The van der Waals surface area contributed by atoms with E-state index in [1.165, 1.54) is 12.1 Å². The molecule has 5 N–H and O–H groups in total. The summed E-state index contributed by atoms with van der Waals surface area (Å²) in [5.41, 5.74) is 10.2. The third kappa shape index (κ3) is 3.72. The van der Waals surface area contributed by atoms with Crippen LogP contribution in [-0.4, -0.2) is 24.2 Å². The maximum Gasteiger partial charge on any atom is 0.186 e. The molecule has 6 heteroatoms. The minimum absolute atomic E-state index is 0.0134. The van der Waals surface area contributed by atoms with Crippen molar-refractivity contribution < 1.29 is 14.2 Å². The van der Waals surface area contributed by atoms with Gasteiger partial charge >= 0.3 is 0 Å². The molecule has 0 fully saturated rings. The summed E-state index contributed by atoms with van der Waals surface area (Å²) >= 11 is 0. The molecule has 0 unspecified atom stereocenters. The van der Waals surface area contributed by atoms with Gasteiger partial charge in [-0.15, -0.1) is 0 Å². The van der Waals surface area contributed by atoms with E-state index in [9.17, 15) is 4.39 Å². The van der Waals surface area contributed by atoms with Crippen molar-refractivity contribution in [3.05, 3.63) is 24.0 Å². The summed E-state index contributed by atoms with van der Waals surface area (Å²) in [4.78, 5) is 3.69. The third-order valence-electron chi connectivity index (χ3n) is 1.57. The Labute approximate surface area is 86.2 Å². The van der Waals surface area contributed by atoms with Crippen molar-refractivity contribution >= 4 is 5.96 Å². The lowest BCUT2D eigenvalue weighted by Crippen LogP contribution is -2.23. The van der Waals surface area contributed by atoms with Crippen molar-refractivity contribution in [3.8, 4) is 11.5 Å². The van der Waals surface area contributed by atoms with Gasteiger partial charge in [-0.25, -0.2) is 4.39 Å². The number of benzene rings is 1. The highest BCUT2D eigenvalue weighted by atomic mass is 18.2. The third-order valence-corrected chi connectivity index (χ3v) is 1.57. The second kappa shape index (κ2) is 5.04. The van der Waals surface area contributed by atoms with Crippen LogP contribution in [0.25, 0.3) is 0 Å². The normalized spacial score (nSPS) is 9.67. The monoisotopic (exact) mass is 212 g/mol. The van der Waals surface area contributed by atoms with E-state index in [0.717, 1.165) is 6.07 Å². The van der Waals surface area contributed by atoms with Gasteiger partial charge in [0.1, 0.15) is 12.4 Å². The van der Waals surface area contributed by atoms with Crippen LogP contribution >= 0.6 is 0 Å². The lowest BCUT2D eigenvalue weighted by molar-refractivity contribution is 0.324. The number of aromatic hydroxyl groups is 1. The lowest BCUT2D eigenvalue weighted by atomic mass is 10.3. The minimum atomic E-state index is -0.688. The van der Waals surface area contributed by atoms with Gasteiger partial charge in [0.2, 0.25) is 0 Å². The molecular weight excluding hydrogens is 200 g/mol. The molecule has 15 heavy (non-hydrogen) atoms. The summed E-state index contributed by atoms with van der Waals surface area (Å²) in [7, 11) is 0. The summed E-state index contributed by atoms with van der Waals surface area (Å²) in [6.45, 7) is 0.559. The fourth-order valence-electron chi connectivity index (χ4n) is 0.921. The van der Waals surface area contributed by atoms with Crippen LogP contribution in [-0.2, 0) is 0 Å². The van der Waals surface area contributed by atoms with E-state index in [1.807, 2.05) is 0 Å². The maximum absolute atomic E-state index is 12.6. The second-order valence-corrected chi connectivity index (χ2v) is 2.77. The number of halogens is 1. The molecule has 1 rings (SSSR count). The fourth-order valence-corrected chi connectivity index (χ4v) is 0.921. The average molecular weight is 212 g/mol. The first-order chi connectivity index (χ1) is 7.09. The van der Waals surface area contributed by atoms with Crippen LogP contribution in [0, 0.1) is 5.82 Å². The first-order valence-corrected chi connectivity index (χ1v) is 4.26. The molecule has 0 amide bonds. The Kier molecular flexibility index (Phi) is 3.73. The molecule has 0 aliphatic heterocycles. The number of nitrogens with zero attached hydrogens (tertiary/aromatic N) is 1. The van der Waals surface area contributed by atoms with Gasteiger partial charge < -0.3 is 21.3 Å². The van der Waals surface area contributed by atoms with Gasteiger partial charge in [0, 0.05) is 6.07 Å². The topological polar surface area (TPSA) is 93.9 Å². The number of rotatable bonds is 4. The van der Waals surface area contributed by atoms with E-state index in [4.69, 9.17) is 21.3 Å². The van der Waals surface area contributed by atoms with Crippen molar-refractivity contribution in [2.45, 2.75) is 0 Å². The standard InChI is InChI=1S/C9H12FN3O2/c10-7-2-1-6(5-8(7)14)15-4-3-13-9(11)12/h1-2,5,14H,3-4H2,(H4,11,12,13)/i10-1. The van der Waals surface area contributed by atoms with Crippen LogP contribution < -0.4 is 16.2 Å². The van der Waals surface area contributed by atoms with Crippen LogP contribution in [0.5, 0.6) is 11.5 Å². The predicted octanol–water partition coefficient (Wildman–Crippen LogP) is 0.183. The molecule has 0 aromatic heterocycles. The molecule has 82 valence electrons. The predicted molar refractivity (Wildman–Crippen MR) is 54.2 cm³/mol. The SMILES string of the molecule is NC(N)=NCCOc1ccc([18F])c(O)c1. The number of phenolic OH excluding ortho intramolecular Hbond substituents is 1. The molecule has 0 aliphatic rings. The Balaban J connectivity index is 2.44. The average Bonchev–Trinajstić information content (AvgIpc) is 2.18. The van der Waals surface area contributed by atoms with Crippen LogP contribution in [0.2, 0.25) is 0 Å². The van der Waals surface area contributed by atoms with Crippen molar-refractivity contribution in [1.29, 1.82) is 0 Å². The van der Waals surface area contributed by atoms with E-state index in [1.54, 1.807) is 0 Å². The largest absolute Gasteiger partial charge is 0.505 e. The number of hydrogen-bond donors (Lipinski definition) is 3. The Bertz CT molecular complexity index is 364. The van der Waals surface area contributed by atoms with E-state index in [-0.39, 0.29) is 12.6 Å². The molecule has 0 spiro atoms. The van der Waals surface area contributed by atoms with Crippen LogP contribution in [0.4, 0.5) is 4.39 Å². The Hall–Kier alpha value is -1.98. The van der Waals surface area contributed by atoms with E-state index >= 15 is 0 Å². The summed E-state index contributed by atoms with van der Waals surface area (Å²) in [5, 5.41) is 9.02. The van der Waals surface area contributed by atoms with Gasteiger partial charge in [-0.3, -0.25) is 4.99 Å². The molecule has 1 aromatic carbocycles. The number of phenols is 1. The van der Waals surface area contributed by atoms with Gasteiger partial charge in [-0.2, -0.15) is 0 Å². The number of guanidine groups is 1. The molecule has 0 saturated heterocycles. The summed E-state index contributed by atoms with van der Waals surface area (Å²) in [5.74, 6) is -0.791. The molecule has 0 saturated carbocycles. The molecule has 0 atom stereocenters. The fraction of sp³-hybridized carbons (Fsp3) is 0.222. The number of aliphatic imine (C=N–C) groups is 1. The Morgan fingerprint density at radius 3 is 2.80 bits per heavy atom. The highest BCUT2D eigenvalue weighted by Crippen LogP contribution is 2.21. The molecule has 0 aliphatic carbocycles. The number of nitrogens with two attached hydrogens (primary N) is 2. The van der Waals surface area contributed by atoms with E-state index in [2.05, 4.69) is 4.99 Å². The van der Waals surface area contributed by atoms with Crippen LogP contribution in [0.1, 0.15) is 0 Å². The molecule has 0 radical (unpaired) electrons. The zero-order valence-corrected chi connectivity index (χ0v) is 7.98. The highest BCUT2D eigenvalue weighted by molar-refractivity contribution is 5.75. The molecule has 1 aromatic rings. The van der Waals surface area contributed by atoms with E-state index in [0.29, 0.717) is 12.3 Å². The first-order valence-electron chi connectivity index (χ1n) is 4.26. The van der Waals surface area contributed by atoms with Gasteiger partial charge in [-0.05, 0) is 12.1 Å². The van der Waals surface area contributed by atoms with Crippen LogP contribution in [0.3, 0.4) is 0 Å². The van der Waals surface area contributed by atoms with Crippen molar-refractivity contribution in [3.63, 3.8) is 0 Å². The smallest absolute Gasteiger partial charge is 0.186 e. The van der Waals surface area contributed by atoms with Gasteiger partial charge in [0.25, 0.3) is 0 Å². The van der Waals surface area contributed by atoms with E-state index < -0.39 is 11.6 Å². The van der Waals surface area contributed by atoms with Gasteiger partial charge in [0.15, 0.2) is 17.5 Å². The molecule has 5 nitrogen and oxygen atoms in total. The maximum atomic E-state index is 12.6.